The summed E-state index contributed by atoms with van der Waals surface area (Å²) in [7, 11) is -3.55. The van der Waals surface area contributed by atoms with Crippen LogP contribution in [0.3, 0.4) is 0 Å². The van der Waals surface area contributed by atoms with Gasteiger partial charge in [-0.15, -0.1) is 0 Å². The molecule has 1 amide bonds. The Morgan fingerprint density at radius 2 is 1.77 bits per heavy atom. The molecule has 0 aliphatic carbocycles. The second-order valence-electron chi connectivity index (χ2n) is 2.43. The molecule has 0 aromatic heterocycles. The van der Waals surface area contributed by atoms with Crippen LogP contribution in [0.2, 0.25) is 0 Å². The molecule has 1 aromatic rings. The van der Waals surface area contributed by atoms with Crippen molar-refractivity contribution in [2.45, 2.75) is 4.90 Å². The molecule has 1 radical (unpaired) electrons. The smallest absolute Gasteiger partial charge is 0.266 e. The summed E-state index contributed by atoms with van der Waals surface area (Å²) in [5.41, 5.74) is 0.220. The molecule has 1 N–H and O–H groups in total. The fourth-order valence-corrected chi connectivity index (χ4v) is 2.29. The van der Waals surface area contributed by atoms with E-state index >= 15 is 0 Å². The van der Waals surface area contributed by atoms with Crippen LogP contribution < -0.4 is 4.72 Å². The van der Waals surface area contributed by atoms with Crippen LogP contribution in [0.1, 0.15) is 10.4 Å². The molecular weight excluding hydrogens is 229 g/mol. The van der Waals surface area contributed by atoms with E-state index in [9.17, 15) is 13.2 Å². The van der Waals surface area contributed by atoms with Crippen molar-refractivity contribution in [2.75, 3.05) is 0 Å². The normalized spacial score (nSPS) is 17.1. The van der Waals surface area contributed by atoms with Crippen molar-refractivity contribution in [3.8, 4) is 0 Å². The number of carbonyl (C=O) groups excluding carboxylic acids is 1. The maximum Gasteiger partial charge on any atom is 0.266 e. The van der Waals surface area contributed by atoms with Crippen molar-refractivity contribution >= 4 is 15.9 Å². The number of fused-ring (bicyclic) bond motifs is 1. The second-order valence-corrected chi connectivity index (χ2v) is 4.08. The molecule has 1 aromatic carbocycles. The first-order valence-corrected chi connectivity index (χ1v) is 4.76. The predicted octanol–water partition coefficient (Wildman–Crippen LogP) is 0.116. The number of hydrogen-bond donors (Lipinski definition) is 1. The van der Waals surface area contributed by atoms with Gasteiger partial charge in [-0.3, -0.25) is 4.79 Å². The van der Waals surface area contributed by atoms with Crippen LogP contribution >= 0.6 is 0 Å². The van der Waals surface area contributed by atoms with E-state index in [0.717, 1.165) is 0 Å². The molecule has 67 valence electrons. The number of nitrogens with one attached hydrogen (secondary N) is 1. The van der Waals surface area contributed by atoms with Crippen LogP contribution in [0, 0.1) is 0 Å². The standard InChI is InChI=1S/C7H5NO3S.V/c9-7-5-3-1-2-4-6(5)12(10,11)8-7;/h1-4H,(H,8,9);. The average molecular weight is 234 g/mol. The first kappa shape index (κ1) is 10.3. The monoisotopic (exact) mass is 234 g/mol. The molecule has 0 unspecified atom stereocenters. The summed E-state index contributed by atoms with van der Waals surface area (Å²) in [5.74, 6) is -0.550. The van der Waals surface area contributed by atoms with Crippen LogP contribution in [-0.4, -0.2) is 14.3 Å². The van der Waals surface area contributed by atoms with Gasteiger partial charge in [0.05, 0.1) is 5.56 Å². The molecule has 0 bridgehead atoms. The Labute approximate surface area is 87.3 Å². The minimum absolute atomic E-state index is 0. The summed E-state index contributed by atoms with van der Waals surface area (Å²) in [5, 5.41) is 0. The van der Waals surface area contributed by atoms with Gasteiger partial charge in [-0.2, -0.15) is 0 Å². The van der Waals surface area contributed by atoms with E-state index in [4.69, 9.17) is 0 Å². The van der Waals surface area contributed by atoms with Gasteiger partial charge >= 0.3 is 0 Å². The Morgan fingerprint density at radius 3 is 2.38 bits per heavy atom. The van der Waals surface area contributed by atoms with Gasteiger partial charge in [0.2, 0.25) is 0 Å². The van der Waals surface area contributed by atoms with Gasteiger partial charge in [-0.25, -0.2) is 13.1 Å². The van der Waals surface area contributed by atoms with E-state index < -0.39 is 15.9 Å². The predicted molar refractivity (Wildman–Crippen MR) is 41.1 cm³/mol. The van der Waals surface area contributed by atoms with Crippen LogP contribution in [-0.2, 0) is 28.6 Å². The molecule has 1 heterocycles. The zero-order valence-corrected chi connectivity index (χ0v) is 8.60. The third-order valence-corrected chi connectivity index (χ3v) is 3.04. The van der Waals surface area contributed by atoms with Gasteiger partial charge in [0.25, 0.3) is 15.9 Å². The van der Waals surface area contributed by atoms with Crippen LogP contribution in [0.4, 0.5) is 0 Å². The molecule has 1 aliphatic rings. The summed E-state index contributed by atoms with van der Waals surface area (Å²) >= 11 is 0. The van der Waals surface area contributed by atoms with Crippen LogP contribution in [0.25, 0.3) is 0 Å². The zero-order chi connectivity index (χ0) is 8.77. The topological polar surface area (TPSA) is 63.2 Å². The van der Waals surface area contributed by atoms with Crippen LogP contribution in [0.15, 0.2) is 29.2 Å². The minimum Gasteiger partial charge on any atom is -0.268 e. The van der Waals surface area contributed by atoms with Gasteiger partial charge in [0.15, 0.2) is 0 Å². The molecule has 0 spiro atoms. The maximum absolute atomic E-state index is 11.1. The SMILES string of the molecule is O=C1NS(=O)(=O)c2ccccc21.[V]. The van der Waals surface area contributed by atoms with Crippen LogP contribution in [0.5, 0.6) is 0 Å². The summed E-state index contributed by atoms with van der Waals surface area (Å²) in [6.07, 6.45) is 0. The van der Waals surface area contributed by atoms with E-state index in [1.807, 2.05) is 4.72 Å². The van der Waals surface area contributed by atoms with Crippen molar-refractivity contribution in [3.63, 3.8) is 0 Å². The third-order valence-electron chi connectivity index (χ3n) is 1.65. The Morgan fingerprint density at radius 1 is 1.15 bits per heavy atom. The molecule has 6 heteroatoms. The van der Waals surface area contributed by atoms with E-state index in [2.05, 4.69) is 0 Å². The second kappa shape index (κ2) is 3.17. The molecule has 0 saturated carbocycles. The molecular formula is C7H5NO3SV. The summed E-state index contributed by atoms with van der Waals surface area (Å²) < 4.78 is 24.2. The van der Waals surface area contributed by atoms with E-state index in [1.54, 1.807) is 12.1 Å². The largest absolute Gasteiger partial charge is 0.268 e. The Kier molecular flexibility index (Phi) is 2.52. The number of carbonyl (C=O) groups is 1. The van der Waals surface area contributed by atoms with Crippen molar-refractivity contribution in [2.24, 2.45) is 0 Å². The summed E-state index contributed by atoms with van der Waals surface area (Å²) in [6.45, 7) is 0. The Hall–Kier alpha value is -0.776. The average Bonchev–Trinajstić information content (AvgIpc) is 2.25. The molecule has 0 saturated heterocycles. The number of amides is 1. The van der Waals surface area contributed by atoms with Crippen molar-refractivity contribution < 1.29 is 31.8 Å². The van der Waals surface area contributed by atoms with E-state index in [-0.39, 0.29) is 29.0 Å². The number of rotatable bonds is 0. The Balaban J connectivity index is 0.000000845. The van der Waals surface area contributed by atoms with Gasteiger partial charge in [0, 0.05) is 18.6 Å². The minimum atomic E-state index is -3.55. The number of sulfonamides is 1. The zero-order valence-electron chi connectivity index (χ0n) is 6.39. The molecule has 1 aliphatic heterocycles. The molecule has 0 atom stereocenters. The first-order chi connectivity index (χ1) is 5.61. The Bertz CT molecular complexity index is 455. The van der Waals surface area contributed by atoms with Gasteiger partial charge in [-0.1, -0.05) is 12.1 Å². The van der Waals surface area contributed by atoms with Crippen molar-refractivity contribution in [1.29, 1.82) is 0 Å². The fourth-order valence-electron chi connectivity index (χ4n) is 1.12. The summed E-state index contributed by atoms with van der Waals surface area (Å²) in [6, 6.07) is 6.09. The van der Waals surface area contributed by atoms with Gasteiger partial charge in [-0.05, 0) is 12.1 Å². The first-order valence-electron chi connectivity index (χ1n) is 3.27. The molecule has 2 rings (SSSR count). The van der Waals surface area contributed by atoms with Gasteiger partial charge in [0.1, 0.15) is 4.90 Å². The van der Waals surface area contributed by atoms with Gasteiger partial charge < -0.3 is 0 Å². The maximum atomic E-state index is 11.1. The number of hydrogen-bond acceptors (Lipinski definition) is 3. The molecule has 13 heavy (non-hydrogen) atoms. The molecule has 0 fully saturated rings. The fraction of sp³-hybridized carbons (Fsp3) is 0. The molecule has 4 nitrogen and oxygen atoms in total. The van der Waals surface area contributed by atoms with Crippen molar-refractivity contribution in [1.82, 2.24) is 4.72 Å². The third kappa shape index (κ3) is 1.50. The quantitative estimate of drug-likeness (QED) is 0.693. The van der Waals surface area contributed by atoms with E-state index in [0.29, 0.717) is 0 Å². The number of benzene rings is 1. The summed E-state index contributed by atoms with van der Waals surface area (Å²) in [4.78, 5) is 11.1. The van der Waals surface area contributed by atoms with Crippen molar-refractivity contribution in [3.05, 3.63) is 29.8 Å². The van der Waals surface area contributed by atoms with E-state index in [1.165, 1.54) is 12.1 Å².